The van der Waals surface area contributed by atoms with Crippen molar-refractivity contribution in [2.75, 3.05) is 7.11 Å². The van der Waals surface area contributed by atoms with E-state index in [2.05, 4.69) is 5.32 Å². The number of nitrogens with two attached hydrogens (primary N) is 2. The smallest absolute Gasteiger partial charge is 0.244 e. The SMILES string of the molecule is COc1cccc2c1CCC2(N)C(=O)NCc1ccccc1CN. The lowest BCUT2D eigenvalue weighted by Crippen LogP contribution is -2.49. The second-order valence-electron chi connectivity index (χ2n) is 6.11. The molecule has 1 amide bonds. The Labute approximate surface area is 142 Å². The number of nitrogens with one attached hydrogen (secondary N) is 1. The molecule has 0 saturated heterocycles. The number of benzene rings is 2. The maximum absolute atomic E-state index is 12.8. The van der Waals surface area contributed by atoms with Gasteiger partial charge in [-0.15, -0.1) is 0 Å². The molecule has 126 valence electrons. The predicted molar refractivity (Wildman–Crippen MR) is 93.4 cm³/mol. The van der Waals surface area contributed by atoms with Crippen LogP contribution >= 0.6 is 0 Å². The van der Waals surface area contributed by atoms with Crippen LogP contribution in [0.15, 0.2) is 42.5 Å². The number of carbonyl (C=O) groups is 1. The van der Waals surface area contributed by atoms with Gasteiger partial charge in [-0.3, -0.25) is 4.79 Å². The van der Waals surface area contributed by atoms with Gasteiger partial charge in [0.05, 0.1) is 7.11 Å². The maximum Gasteiger partial charge on any atom is 0.244 e. The second kappa shape index (κ2) is 6.63. The molecule has 0 bridgehead atoms. The molecule has 1 aliphatic carbocycles. The standard InChI is InChI=1S/C19H23N3O2/c1-24-17-8-4-7-16-15(17)9-10-19(16,21)18(23)22-12-14-6-3-2-5-13(14)11-20/h2-8H,9-12,20-21H2,1H3,(H,22,23). The summed E-state index contributed by atoms with van der Waals surface area (Å²) in [5.74, 6) is 0.627. The van der Waals surface area contributed by atoms with Gasteiger partial charge in [0.25, 0.3) is 0 Å². The number of rotatable bonds is 5. The molecule has 0 spiro atoms. The van der Waals surface area contributed by atoms with Gasteiger partial charge in [0.15, 0.2) is 0 Å². The molecular weight excluding hydrogens is 302 g/mol. The van der Waals surface area contributed by atoms with Crippen molar-refractivity contribution in [3.63, 3.8) is 0 Å². The minimum absolute atomic E-state index is 0.165. The fourth-order valence-corrected chi connectivity index (χ4v) is 3.39. The lowest BCUT2D eigenvalue weighted by Gasteiger charge is -2.25. The summed E-state index contributed by atoms with van der Waals surface area (Å²) in [4.78, 5) is 12.8. The molecule has 5 nitrogen and oxygen atoms in total. The van der Waals surface area contributed by atoms with E-state index in [-0.39, 0.29) is 5.91 Å². The van der Waals surface area contributed by atoms with Crippen LogP contribution in [0.1, 0.15) is 28.7 Å². The molecule has 0 saturated carbocycles. The fourth-order valence-electron chi connectivity index (χ4n) is 3.39. The Balaban J connectivity index is 1.79. The van der Waals surface area contributed by atoms with Crippen LogP contribution in [0.4, 0.5) is 0 Å². The monoisotopic (exact) mass is 325 g/mol. The highest BCUT2D eigenvalue weighted by Crippen LogP contribution is 2.39. The van der Waals surface area contributed by atoms with Gasteiger partial charge in [-0.05, 0) is 41.2 Å². The summed E-state index contributed by atoms with van der Waals surface area (Å²) in [6.07, 6.45) is 1.32. The van der Waals surface area contributed by atoms with Crippen LogP contribution in [0.3, 0.4) is 0 Å². The molecule has 2 aromatic rings. The van der Waals surface area contributed by atoms with E-state index in [4.69, 9.17) is 16.2 Å². The normalized spacial score (nSPS) is 19.0. The van der Waals surface area contributed by atoms with E-state index in [9.17, 15) is 4.79 Å². The fraction of sp³-hybridized carbons (Fsp3) is 0.316. The zero-order valence-corrected chi connectivity index (χ0v) is 13.8. The van der Waals surface area contributed by atoms with Gasteiger partial charge >= 0.3 is 0 Å². The largest absolute Gasteiger partial charge is 0.496 e. The molecule has 1 unspecified atom stereocenters. The predicted octanol–water partition coefficient (Wildman–Crippen LogP) is 1.57. The number of carbonyl (C=O) groups excluding carboxylic acids is 1. The van der Waals surface area contributed by atoms with E-state index in [1.807, 2.05) is 42.5 Å². The van der Waals surface area contributed by atoms with Gasteiger partial charge in [-0.25, -0.2) is 0 Å². The van der Waals surface area contributed by atoms with Gasteiger partial charge in [-0.1, -0.05) is 36.4 Å². The van der Waals surface area contributed by atoms with Gasteiger partial charge in [-0.2, -0.15) is 0 Å². The van der Waals surface area contributed by atoms with Crippen LogP contribution in [0, 0.1) is 0 Å². The highest BCUT2D eigenvalue weighted by atomic mass is 16.5. The zero-order chi connectivity index (χ0) is 17.2. The Morgan fingerprint density at radius 3 is 2.67 bits per heavy atom. The molecule has 1 aliphatic rings. The van der Waals surface area contributed by atoms with Crippen LogP contribution in [-0.4, -0.2) is 13.0 Å². The van der Waals surface area contributed by atoms with E-state index in [0.717, 1.165) is 34.4 Å². The topological polar surface area (TPSA) is 90.4 Å². The summed E-state index contributed by atoms with van der Waals surface area (Å²) < 4.78 is 5.39. The first-order chi connectivity index (χ1) is 11.6. The number of hydrogen-bond acceptors (Lipinski definition) is 4. The molecule has 3 rings (SSSR count). The van der Waals surface area contributed by atoms with E-state index < -0.39 is 5.54 Å². The minimum atomic E-state index is -1.01. The summed E-state index contributed by atoms with van der Waals surface area (Å²) in [5.41, 5.74) is 15.1. The molecule has 24 heavy (non-hydrogen) atoms. The molecule has 0 fully saturated rings. The third kappa shape index (κ3) is 2.77. The number of fused-ring (bicyclic) bond motifs is 1. The molecule has 0 aliphatic heterocycles. The van der Waals surface area contributed by atoms with Crippen molar-refractivity contribution in [1.82, 2.24) is 5.32 Å². The van der Waals surface area contributed by atoms with E-state index in [1.165, 1.54) is 0 Å². The Kier molecular flexibility index (Phi) is 4.55. The number of methoxy groups -OCH3 is 1. The van der Waals surface area contributed by atoms with Gasteiger partial charge < -0.3 is 21.5 Å². The van der Waals surface area contributed by atoms with Crippen LogP contribution in [0.25, 0.3) is 0 Å². The molecule has 0 heterocycles. The second-order valence-corrected chi connectivity index (χ2v) is 6.11. The number of ether oxygens (including phenoxy) is 1. The van der Waals surface area contributed by atoms with Crippen LogP contribution in [0.5, 0.6) is 5.75 Å². The Bertz CT molecular complexity index is 760. The summed E-state index contributed by atoms with van der Waals surface area (Å²) in [7, 11) is 1.63. The van der Waals surface area contributed by atoms with Crippen molar-refractivity contribution in [2.24, 2.45) is 11.5 Å². The first-order valence-corrected chi connectivity index (χ1v) is 8.10. The van der Waals surface area contributed by atoms with Crippen molar-refractivity contribution in [3.8, 4) is 5.75 Å². The van der Waals surface area contributed by atoms with Crippen molar-refractivity contribution < 1.29 is 9.53 Å². The van der Waals surface area contributed by atoms with Crippen molar-refractivity contribution in [1.29, 1.82) is 0 Å². The quantitative estimate of drug-likeness (QED) is 0.778. The van der Waals surface area contributed by atoms with Crippen molar-refractivity contribution in [3.05, 3.63) is 64.7 Å². The van der Waals surface area contributed by atoms with Crippen molar-refractivity contribution >= 4 is 5.91 Å². The molecule has 1 atom stereocenters. The molecule has 0 aromatic heterocycles. The number of amides is 1. The lowest BCUT2D eigenvalue weighted by molar-refractivity contribution is -0.126. The van der Waals surface area contributed by atoms with E-state index >= 15 is 0 Å². The highest BCUT2D eigenvalue weighted by Gasteiger charge is 2.42. The van der Waals surface area contributed by atoms with E-state index in [0.29, 0.717) is 19.5 Å². The van der Waals surface area contributed by atoms with Crippen LogP contribution < -0.4 is 21.5 Å². The average molecular weight is 325 g/mol. The van der Waals surface area contributed by atoms with Crippen LogP contribution in [-0.2, 0) is 29.8 Å². The van der Waals surface area contributed by atoms with Gasteiger partial charge in [0, 0.05) is 13.1 Å². The Morgan fingerprint density at radius 1 is 1.21 bits per heavy atom. The van der Waals surface area contributed by atoms with Crippen molar-refractivity contribution in [2.45, 2.75) is 31.5 Å². The third-order valence-corrected chi connectivity index (χ3v) is 4.79. The molecule has 0 radical (unpaired) electrons. The lowest BCUT2D eigenvalue weighted by atomic mass is 9.91. The number of hydrogen-bond donors (Lipinski definition) is 3. The van der Waals surface area contributed by atoms with Gasteiger partial charge in [0.1, 0.15) is 11.3 Å². The Morgan fingerprint density at radius 2 is 1.96 bits per heavy atom. The molecule has 5 heteroatoms. The third-order valence-electron chi connectivity index (χ3n) is 4.79. The molecular formula is C19H23N3O2. The van der Waals surface area contributed by atoms with Gasteiger partial charge in [0.2, 0.25) is 5.91 Å². The molecule has 2 aromatic carbocycles. The summed E-state index contributed by atoms with van der Waals surface area (Å²) in [5, 5.41) is 2.97. The highest BCUT2D eigenvalue weighted by molar-refractivity contribution is 5.89. The summed E-state index contributed by atoms with van der Waals surface area (Å²) >= 11 is 0. The minimum Gasteiger partial charge on any atom is -0.496 e. The Hall–Kier alpha value is -2.37. The first-order valence-electron chi connectivity index (χ1n) is 8.10. The van der Waals surface area contributed by atoms with E-state index in [1.54, 1.807) is 7.11 Å². The molecule has 5 N–H and O–H groups in total. The zero-order valence-electron chi connectivity index (χ0n) is 13.8. The average Bonchev–Trinajstić information content (AvgIpc) is 2.98. The maximum atomic E-state index is 12.8. The van der Waals surface area contributed by atoms with Crippen LogP contribution in [0.2, 0.25) is 0 Å². The summed E-state index contributed by atoms with van der Waals surface area (Å²) in [6.45, 7) is 0.865. The summed E-state index contributed by atoms with van der Waals surface area (Å²) in [6, 6.07) is 13.5. The first kappa shape index (κ1) is 16.5.